The second kappa shape index (κ2) is 7.80. The van der Waals surface area contributed by atoms with Gasteiger partial charge < -0.3 is 9.64 Å². The summed E-state index contributed by atoms with van der Waals surface area (Å²) >= 11 is 1.46. The minimum atomic E-state index is -0.616. The Morgan fingerprint density at radius 3 is 2.59 bits per heavy atom. The van der Waals surface area contributed by atoms with Gasteiger partial charge in [-0.25, -0.2) is 4.98 Å². The van der Waals surface area contributed by atoms with E-state index in [-0.39, 0.29) is 24.6 Å². The molecule has 1 fully saturated rings. The highest BCUT2D eigenvalue weighted by Crippen LogP contribution is 2.25. The molecule has 0 unspecified atom stereocenters. The lowest BCUT2D eigenvalue weighted by Crippen LogP contribution is -2.44. The molecule has 2 aromatic heterocycles. The molecule has 146 valence electrons. The summed E-state index contributed by atoms with van der Waals surface area (Å²) in [5.41, 5.74) is 0.627. The first-order chi connectivity index (χ1) is 12.8. The third-order valence-corrected chi connectivity index (χ3v) is 6.15. The molecule has 8 heteroatoms. The highest BCUT2D eigenvalue weighted by Gasteiger charge is 2.26. The minimum absolute atomic E-state index is 0.188. The summed E-state index contributed by atoms with van der Waals surface area (Å²) in [6.45, 7) is 8.88. The van der Waals surface area contributed by atoms with Crippen molar-refractivity contribution in [3.63, 3.8) is 0 Å². The van der Waals surface area contributed by atoms with Crippen LogP contribution in [-0.4, -0.2) is 46.0 Å². The number of carbonyl (C=O) groups is 2. The van der Waals surface area contributed by atoms with Gasteiger partial charge in [0.2, 0.25) is 0 Å². The van der Waals surface area contributed by atoms with Crippen LogP contribution in [0.3, 0.4) is 0 Å². The molecule has 0 N–H and O–H groups in total. The van der Waals surface area contributed by atoms with Crippen molar-refractivity contribution in [3.8, 4) is 0 Å². The maximum absolute atomic E-state index is 12.6. The SMILES string of the molecule is Cc1sc2ncn(CC(=O)OCC(=O)N3C[C@H](C)C[C@H](C)C3)c(=O)c2c1C. The predicted octanol–water partition coefficient (Wildman–Crippen LogP) is 2.12. The fourth-order valence-corrected chi connectivity index (χ4v) is 4.65. The summed E-state index contributed by atoms with van der Waals surface area (Å²) in [5, 5.41) is 0.542. The third kappa shape index (κ3) is 4.21. The van der Waals surface area contributed by atoms with Crippen molar-refractivity contribution >= 4 is 33.4 Å². The van der Waals surface area contributed by atoms with Gasteiger partial charge in [-0.3, -0.25) is 19.0 Å². The number of esters is 1. The zero-order valence-corrected chi connectivity index (χ0v) is 17.0. The van der Waals surface area contributed by atoms with Crippen molar-refractivity contribution < 1.29 is 14.3 Å². The Morgan fingerprint density at radius 2 is 1.93 bits per heavy atom. The lowest BCUT2D eigenvalue weighted by molar-refractivity contribution is -0.153. The van der Waals surface area contributed by atoms with E-state index in [0.717, 1.165) is 16.9 Å². The highest BCUT2D eigenvalue weighted by atomic mass is 32.1. The smallest absolute Gasteiger partial charge is 0.326 e. The summed E-state index contributed by atoms with van der Waals surface area (Å²) in [7, 11) is 0. The molecular formula is C19H25N3O4S. The van der Waals surface area contributed by atoms with Gasteiger partial charge in [0.05, 0.1) is 11.7 Å². The van der Waals surface area contributed by atoms with Crippen molar-refractivity contribution in [2.24, 2.45) is 11.8 Å². The highest BCUT2D eigenvalue weighted by molar-refractivity contribution is 7.18. The third-order valence-electron chi connectivity index (χ3n) is 5.03. The topological polar surface area (TPSA) is 81.5 Å². The molecule has 0 aromatic carbocycles. The van der Waals surface area contributed by atoms with Gasteiger partial charge in [0, 0.05) is 18.0 Å². The molecule has 1 saturated heterocycles. The fraction of sp³-hybridized carbons (Fsp3) is 0.579. The Balaban J connectivity index is 1.62. The zero-order chi connectivity index (χ0) is 19.7. The number of hydrogen-bond acceptors (Lipinski definition) is 6. The number of aromatic nitrogens is 2. The first-order valence-electron chi connectivity index (χ1n) is 9.14. The van der Waals surface area contributed by atoms with Gasteiger partial charge in [0.1, 0.15) is 11.4 Å². The number of amides is 1. The molecule has 1 aliphatic rings. The molecule has 3 rings (SSSR count). The average Bonchev–Trinajstić information content (AvgIpc) is 2.89. The molecule has 0 spiro atoms. The lowest BCUT2D eigenvalue weighted by atomic mass is 9.92. The van der Waals surface area contributed by atoms with Gasteiger partial charge >= 0.3 is 5.97 Å². The van der Waals surface area contributed by atoms with Crippen molar-refractivity contribution in [1.29, 1.82) is 0 Å². The standard InChI is InChI=1S/C19H25N3O4S/c1-11-5-12(2)7-21(6-11)15(23)9-26-16(24)8-22-10-20-18-17(19(22)25)13(3)14(4)27-18/h10-12H,5-9H2,1-4H3/t11-,12+. The monoisotopic (exact) mass is 391 g/mol. The number of fused-ring (bicyclic) bond motifs is 1. The zero-order valence-electron chi connectivity index (χ0n) is 16.2. The number of aryl methyl sites for hydroxylation is 2. The molecular weight excluding hydrogens is 366 g/mol. The van der Waals surface area contributed by atoms with Crippen molar-refractivity contribution in [2.75, 3.05) is 19.7 Å². The van der Waals surface area contributed by atoms with E-state index in [1.807, 2.05) is 13.8 Å². The van der Waals surface area contributed by atoms with E-state index in [4.69, 9.17) is 4.74 Å². The van der Waals surface area contributed by atoms with Crippen LogP contribution in [0.1, 0.15) is 30.7 Å². The van der Waals surface area contributed by atoms with Gasteiger partial charge in [-0.05, 0) is 37.7 Å². The molecule has 1 amide bonds. The second-order valence-electron chi connectivity index (χ2n) is 7.55. The van der Waals surface area contributed by atoms with Crippen LogP contribution in [0, 0.1) is 25.7 Å². The molecule has 2 atom stereocenters. The molecule has 27 heavy (non-hydrogen) atoms. The quantitative estimate of drug-likeness (QED) is 0.746. The lowest BCUT2D eigenvalue weighted by Gasteiger charge is -2.34. The molecule has 1 aliphatic heterocycles. The summed E-state index contributed by atoms with van der Waals surface area (Å²) in [4.78, 5) is 44.8. The summed E-state index contributed by atoms with van der Waals surface area (Å²) in [6.07, 6.45) is 2.46. The Kier molecular flexibility index (Phi) is 5.64. The van der Waals surface area contributed by atoms with Crippen LogP contribution >= 0.6 is 11.3 Å². The van der Waals surface area contributed by atoms with Crippen LogP contribution in [0.4, 0.5) is 0 Å². The van der Waals surface area contributed by atoms with Crippen LogP contribution in [0.2, 0.25) is 0 Å². The van der Waals surface area contributed by atoms with Crippen molar-refractivity contribution in [2.45, 2.75) is 40.7 Å². The van der Waals surface area contributed by atoms with Gasteiger partial charge in [-0.2, -0.15) is 0 Å². The van der Waals surface area contributed by atoms with Crippen LogP contribution in [-0.2, 0) is 20.9 Å². The number of likely N-dealkylation sites (tertiary alicyclic amines) is 1. The number of rotatable bonds is 4. The van der Waals surface area contributed by atoms with Crippen LogP contribution in [0.5, 0.6) is 0 Å². The van der Waals surface area contributed by atoms with Crippen molar-refractivity contribution in [3.05, 3.63) is 27.1 Å². The van der Waals surface area contributed by atoms with Crippen LogP contribution in [0.15, 0.2) is 11.1 Å². The van der Waals surface area contributed by atoms with E-state index in [2.05, 4.69) is 18.8 Å². The van der Waals surface area contributed by atoms with Gasteiger partial charge in [0.15, 0.2) is 6.61 Å². The average molecular weight is 391 g/mol. The Morgan fingerprint density at radius 1 is 1.26 bits per heavy atom. The molecule has 3 heterocycles. The Bertz CT molecular complexity index is 923. The normalized spacial score (nSPS) is 20.1. The largest absolute Gasteiger partial charge is 0.454 e. The van der Waals surface area contributed by atoms with Crippen LogP contribution in [0.25, 0.3) is 10.2 Å². The molecule has 7 nitrogen and oxygen atoms in total. The second-order valence-corrected chi connectivity index (χ2v) is 8.75. The number of carbonyl (C=O) groups excluding carboxylic acids is 2. The number of hydrogen-bond donors (Lipinski definition) is 0. The van der Waals surface area contributed by atoms with Gasteiger partial charge in [-0.15, -0.1) is 11.3 Å². The Labute approximate surface area is 161 Å². The summed E-state index contributed by atoms with van der Waals surface area (Å²) in [6, 6.07) is 0. The number of nitrogens with zero attached hydrogens (tertiary/aromatic N) is 3. The van der Waals surface area contributed by atoms with E-state index < -0.39 is 5.97 Å². The molecule has 0 bridgehead atoms. The number of piperidine rings is 1. The molecule has 0 saturated carbocycles. The maximum atomic E-state index is 12.6. The van der Waals surface area contributed by atoms with E-state index in [0.29, 0.717) is 35.1 Å². The maximum Gasteiger partial charge on any atom is 0.326 e. The van der Waals surface area contributed by atoms with Gasteiger partial charge in [-0.1, -0.05) is 13.8 Å². The summed E-state index contributed by atoms with van der Waals surface area (Å²) < 4.78 is 6.35. The number of thiophene rings is 1. The number of ether oxygens (including phenoxy) is 1. The summed E-state index contributed by atoms with van der Waals surface area (Å²) in [5.74, 6) is 0.0884. The molecule has 0 aliphatic carbocycles. The fourth-order valence-electron chi connectivity index (χ4n) is 3.67. The van der Waals surface area contributed by atoms with E-state index in [1.165, 1.54) is 22.2 Å². The van der Waals surface area contributed by atoms with E-state index in [1.54, 1.807) is 4.90 Å². The minimum Gasteiger partial charge on any atom is -0.454 e. The van der Waals surface area contributed by atoms with Gasteiger partial charge in [0.25, 0.3) is 11.5 Å². The van der Waals surface area contributed by atoms with Crippen molar-refractivity contribution in [1.82, 2.24) is 14.5 Å². The first kappa shape index (κ1) is 19.5. The molecule has 0 radical (unpaired) electrons. The Hall–Kier alpha value is -2.22. The molecule has 2 aromatic rings. The van der Waals surface area contributed by atoms with Crippen LogP contribution < -0.4 is 5.56 Å². The van der Waals surface area contributed by atoms with E-state index >= 15 is 0 Å². The predicted molar refractivity (Wildman–Crippen MR) is 104 cm³/mol. The first-order valence-corrected chi connectivity index (χ1v) is 9.96. The van der Waals surface area contributed by atoms with E-state index in [9.17, 15) is 14.4 Å².